The number of piperidine rings is 2. The number of benzene rings is 2. The molecular formula is C24H28BrNO3. The minimum absolute atomic E-state index is 0. The van der Waals surface area contributed by atoms with Crippen LogP contribution in [0.5, 0.6) is 0 Å². The van der Waals surface area contributed by atoms with Crippen molar-refractivity contribution in [1.29, 1.82) is 0 Å². The molecule has 0 spiro atoms. The van der Waals surface area contributed by atoms with Gasteiger partial charge in [0.15, 0.2) is 0 Å². The number of rotatable bonds is 4. The van der Waals surface area contributed by atoms with Crippen LogP contribution in [0.25, 0.3) is 0 Å². The van der Waals surface area contributed by atoms with E-state index in [1.165, 1.54) is 6.42 Å². The van der Waals surface area contributed by atoms with Gasteiger partial charge < -0.3 is 31.3 Å². The Bertz CT molecular complexity index is 826. The lowest BCUT2D eigenvalue weighted by molar-refractivity contribution is -0.937. The van der Waals surface area contributed by atoms with Crippen molar-refractivity contribution in [3.05, 3.63) is 71.8 Å². The smallest absolute Gasteiger partial charge is 0.347 e. The van der Waals surface area contributed by atoms with E-state index in [1.54, 1.807) is 24.3 Å². The Labute approximate surface area is 182 Å². The van der Waals surface area contributed by atoms with Crippen molar-refractivity contribution >= 4 is 5.97 Å². The monoisotopic (exact) mass is 457 g/mol. The molecule has 5 rings (SSSR count). The van der Waals surface area contributed by atoms with Crippen molar-refractivity contribution in [2.45, 2.75) is 43.1 Å². The predicted molar refractivity (Wildman–Crippen MR) is 106 cm³/mol. The number of halogens is 1. The molecule has 3 aliphatic rings. The fourth-order valence-electron chi connectivity index (χ4n) is 5.98. The fourth-order valence-corrected chi connectivity index (χ4v) is 5.98. The van der Waals surface area contributed by atoms with Gasteiger partial charge >= 0.3 is 5.97 Å². The van der Waals surface area contributed by atoms with E-state index < -0.39 is 11.6 Å². The van der Waals surface area contributed by atoms with Gasteiger partial charge in [0.1, 0.15) is 6.10 Å². The lowest BCUT2D eigenvalue weighted by atomic mass is 9.86. The van der Waals surface area contributed by atoms with Crippen molar-refractivity contribution in [2.24, 2.45) is 11.8 Å². The maximum absolute atomic E-state index is 13.3. The summed E-state index contributed by atoms with van der Waals surface area (Å²) in [6, 6.07) is 19.4. The summed E-state index contributed by atoms with van der Waals surface area (Å²) < 4.78 is 7.07. The van der Waals surface area contributed by atoms with E-state index in [0.29, 0.717) is 23.2 Å². The molecule has 1 saturated carbocycles. The molecule has 29 heavy (non-hydrogen) atoms. The normalized spacial score (nSPS) is 31.3. The van der Waals surface area contributed by atoms with Gasteiger partial charge in [0.25, 0.3) is 0 Å². The summed E-state index contributed by atoms with van der Waals surface area (Å²) in [4.78, 5) is 13.3. The first kappa shape index (κ1) is 20.6. The number of ether oxygens (including phenoxy) is 1. The van der Waals surface area contributed by atoms with Crippen LogP contribution in [0.2, 0.25) is 0 Å². The average molecular weight is 458 g/mol. The SMILES string of the molecule is C[N+]1(C)C2CC(OC(=O)C(O)(c3ccccc3)c3ccccc3)CC1[C@H]1CC21.[Br-]. The minimum Gasteiger partial charge on any atom is -1.00 e. The fraction of sp³-hybridized carbons (Fsp3) is 0.458. The molecule has 2 heterocycles. The number of hydrogen-bond donors (Lipinski definition) is 1. The van der Waals surface area contributed by atoms with Crippen molar-refractivity contribution in [2.75, 3.05) is 14.1 Å². The van der Waals surface area contributed by atoms with E-state index in [1.807, 2.05) is 36.4 Å². The zero-order valence-corrected chi connectivity index (χ0v) is 18.5. The van der Waals surface area contributed by atoms with Gasteiger partial charge in [-0.3, -0.25) is 0 Å². The Morgan fingerprint density at radius 2 is 1.34 bits per heavy atom. The zero-order valence-electron chi connectivity index (χ0n) is 16.9. The molecule has 2 aromatic rings. The molecule has 3 fully saturated rings. The van der Waals surface area contributed by atoms with Crippen LogP contribution in [0, 0.1) is 11.8 Å². The highest BCUT2D eigenvalue weighted by atomic mass is 79.9. The topological polar surface area (TPSA) is 46.5 Å². The highest BCUT2D eigenvalue weighted by Gasteiger charge is 2.68. The van der Waals surface area contributed by atoms with Gasteiger partial charge in [-0.2, -0.15) is 0 Å². The third kappa shape index (κ3) is 3.15. The number of quaternary nitrogens is 1. The first-order chi connectivity index (χ1) is 13.4. The molecule has 1 aliphatic carbocycles. The van der Waals surface area contributed by atoms with Crippen LogP contribution in [-0.2, 0) is 15.1 Å². The number of esters is 1. The Morgan fingerprint density at radius 1 is 0.897 bits per heavy atom. The van der Waals surface area contributed by atoms with Gasteiger partial charge in [-0.1, -0.05) is 60.7 Å². The molecule has 2 saturated heterocycles. The third-order valence-electron chi connectivity index (χ3n) is 7.55. The van der Waals surface area contributed by atoms with Crippen molar-refractivity contribution in [1.82, 2.24) is 0 Å². The average Bonchev–Trinajstić information content (AvgIpc) is 3.47. The molecule has 4 nitrogen and oxygen atoms in total. The second-order valence-corrected chi connectivity index (χ2v) is 9.27. The van der Waals surface area contributed by atoms with Crippen LogP contribution in [0.15, 0.2) is 60.7 Å². The van der Waals surface area contributed by atoms with Gasteiger partial charge in [0, 0.05) is 24.7 Å². The third-order valence-corrected chi connectivity index (χ3v) is 7.55. The van der Waals surface area contributed by atoms with Crippen molar-refractivity contribution < 1.29 is 36.1 Å². The number of carbonyl (C=O) groups excluding carboxylic acids is 1. The summed E-state index contributed by atoms with van der Waals surface area (Å²) in [7, 11) is 4.65. The summed E-state index contributed by atoms with van der Waals surface area (Å²) in [5, 5.41) is 11.6. The summed E-state index contributed by atoms with van der Waals surface area (Å²) in [5.41, 5.74) is -0.695. The van der Waals surface area contributed by atoms with Crippen molar-refractivity contribution in [3.63, 3.8) is 0 Å². The van der Waals surface area contributed by atoms with E-state index >= 15 is 0 Å². The molecule has 0 aromatic heterocycles. The molecule has 2 bridgehead atoms. The van der Waals surface area contributed by atoms with E-state index in [0.717, 1.165) is 29.2 Å². The van der Waals surface area contributed by atoms with E-state index in [4.69, 9.17) is 4.74 Å². The molecule has 0 amide bonds. The van der Waals surface area contributed by atoms with Crippen LogP contribution in [0.4, 0.5) is 0 Å². The zero-order chi connectivity index (χ0) is 19.5. The van der Waals surface area contributed by atoms with Gasteiger partial charge in [0.2, 0.25) is 5.60 Å². The maximum atomic E-state index is 13.3. The molecule has 4 unspecified atom stereocenters. The van der Waals surface area contributed by atoms with Gasteiger partial charge in [-0.15, -0.1) is 0 Å². The van der Waals surface area contributed by atoms with Crippen molar-refractivity contribution in [3.8, 4) is 0 Å². The van der Waals surface area contributed by atoms with Crippen LogP contribution in [0.3, 0.4) is 0 Å². The largest absolute Gasteiger partial charge is 1.00 e. The summed E-state index contributed by atoms with van der Waals surface area (Å²) in [6.45, 7) is 0. The second-order valence-electron chi connectivity index (χ2n) is 9.27. The minimum atomic E-state index is -1.79. The predicted octanol–water partition coefficient (Wildman–Crippen LogP) is 0.0954. The van der Waals surface area contributed by atoms with Gasteiger partial charge in [-0.05, 0) is 17.5 Å². The highest BCUT2D eigenvalue weighted by molar-refractivity contribution is 5.85. The van der Waals surface area contributed by atoms with Gasteiger partial charge in [0.05, 0.1) is 26.2 Å². The molecule has 154 valence electrons. The summed E-state index contributed by atoms with van der Waals surface area (Å²) in [5.74, 6) is 1.03. The second kappa shape index (κ2) is 7.22. The van der Waals surface area contributed by atoms with Crippen LogP contribution in [-0.4, -0.2) is 47.8 Å². The molecule has 2 aromatic carbocycles. The number of hydrogen-bond acceptors (Lipinski definition) is 3. The van der Waals surface area contributed by atoms with Crippen LogP contribution >= 0.6 is 0 Å². The summed E-state index contributed by atoms with van der Waals surface area (Å²) in [6.07, 6.45) is 3.03. The quantitative estimate of drug-likeness (QED) is 0.522. The maximum Gasteiger partial charge on any atom is 0.347 e. The number of aliphatic hydroxyl groups is 1. The Morgan fingerprint density at radius 3 is 1.79 bits per heavy atom. The first-order valence-corrected chi connectivity index (χ1v) is 10.3. The molecule has 5 atom stereocenters. The number of fused-ring (bicyclic) bond motifs is 5. The van der Waals surface area contributed by atoms with Gasteiger partial charge in [-0.25, -0.2) is 4.79 Å². The molecule has 1 N–H and O–H groups in total. The van der Waals surface area contributed by atoms with E-state index in [9.17, 15) is 9.90 Å². The molecule has 0 radical (unpaired) electrons. The lowest BCUT2D eigenvalue weighted by Gasteiger charge is -2.46. The molecular weight excluding hydrogens is 430 g/mol. The summed E-state index contributed by atoms with van der Waals surface area (Å²) >= 11 is 0. The standard InChI is InChI=1S/C24H28NO3.BrH/c1-25(2)21-13-18(14-22(25)20-15-19(20)21)28-23(26)24(27,16-9-5-3-6-10-16)17-11-7-4-8-12-17;/h3-12,18-22,27H,13-15H2,1-2H3;1H/q+1;/p-1/t18?,19-,20?,21?,22?;/m0./s1. The van der Waals surface area contributed by atoms with E-state index in [2.05, 4.69) is 14.1 Å². The highest BCUT2D eigenvalue weighted by Crippen LogP contribution is 2.61. The van der Waals surface area contributed by atoms with Crippen LogP contribution < -0.4 is 17.0 Å². The molecule has 2 aliphatic heterocycles. The van der Waals surface area contributed by atoms with E-state index in [-0.39, 0.29) is 23.1 Å². The van der Waals surface area contributed by atoms with Crippen LogP contribution in [0.1, 0.15) is 30.4 Å². The Kier molecular flexibility index (Phi) is 5.12. The number of nitrogens with zero attached hydrogens (tertiary/aromatic N) is 1. The Hall–Kier alpha value is -1.69. The Balaban J connectivity index is 0.00000205. The molecule has 5 heteroatoms. The lowest BCUT2D eigenvalue weighted by Crippen LogP contribution is -3.00. The first-order valence-electron chi connectivity index (χ1n) is 10.3. The number of carbonyl (C=O) groups is 1.